The second-order valence-corrected chi connectivity index (χ2v) is 11.0. The number of benzene rings is 1. The van der Waals surface area contributed by atoms with Crippen LogP contribution >= 0.6 is 11.3 Å². The highest BCUT2D eigenvalue weighted by molar-refractivity contribution is 7.88. The number of rotatable bonds is 5. The molecule has 0 bridgehead atoms. The van der Waals surface area contributed by atoms with Gasteiger partial charge in [-0.2, -0.15) is 4.31 Å². The lowest BCUT2D eigenvalue weighted by molar-refractivity contribution is -0.123. The fraction of sp³-hybridized carbons (Fsp3) is 0.409. The minimum absolute atomic E-state index is 0.235. The monoisotopic (exact) mass is 458 g/mol. The van der Waals surface area contributed by atoms with Crippen LogP contribution in [0.3, 0.4) is 0 Å². The molecule has 0 N–H and O–H groups in total. The summed E-state index contributed by atoms with van der Waals surface area (Å²) in [5.41, 5.74) is 4.02. The molecule has 1 saturated heterocycles. The summed E-state index contributed by atoms with van der Waals surface area (Å²) < 4.78 is 27.1. The van der Waals surface area contributed by atoms with E-state index in [2.05, 4.69) is 18.0 Å². The zero-order valence-electron chi connectivity index (χ0n) is 17.9. The Morgan fingerprint density at radius 1 is 1.26 bits per heavy atom. The van der Waals surface area contributed by atoms with Gasteiger partial charge in [0.1, 0.15) is 6.04 Å². The van der Waals surface area contributed by atoms with Crippen molar-refractivity contribution in [3.63, 3.8) is 0 Å². The molecule has 1 aromatic carbocycles. The first-order chi connectivity index (χ1) is 14.7. The number of thiazole rings is 1. The summed E-state index contributed by atoms with van der Waals surface area (Å²) in [6, 6.07) is 7.13. The first-order valence-electron chi connectivity index (χ1n) is 10.3. The molecule has 1 atom stereocenters. The Hall–Kier alpha value is -2.36. The predicted molar refractivity (Wildman–Crippen MR) is 124 cm³/mol. The van der Waals surface area contributed by atoms with Crippen LogP contribution in [0.25, 0.3) is 10.2 Å². The number of nitrogens with zero attached hydrogens (tertiary/aromatic N) is 4. The molecule has 1 aliphatic heterocycles. The normalized spacial score (nSPS) is 17.7. The van der Waals surface area contributed by atoms with Crippen LogP contribution in [0.1, 0.15) is 36.0 Å². The van der Waals surface area contributed by atoms with Gasteiger partial charge in [-0.25, -0.2) is 13.4 Å². The second kappa shape index (κ2) is 8.64. The van der Waals surface area contributed by atoms with Crippen LogP contribution in [0.4, 0.5) is 5.13 Å². The average molecular weight is 459 g/mol. The van der Waals surface area contributed by atoms with E-state index in [9.17, 15) is 13.2 Å². The van der Waals surface area contributed by atoms with Crippen molar-refractivity contribution in [3.8, 4) is 0 Å². The van der Waals surface area contributed by atoms with Gasteiger partial charge < -0.3 is 0 Å². The highest BCUT2D eigenvalue weighted by Gasteiger charge is 2.38. The van der Waals surface area contributed by atoms with Gasteiger partial charge in [0, 0.05) is 18.9 Å². The topological polar surface area (TPSA) is 83.5 Å². The number of fused-ring (bicyclic) bond motifs is 1. The largest absolute Gasteiger partial charge is 0.282 e. The molecule has 9 heteroatoms. The number of anilines is 1. The zero-order valence-corrected chi connectivity index (χ0v) is 19.5. The number of piperidine rings is 1. The van der Waals surface area contributed by atoms with Gasteiger partial charge in [-0.1, -0.05) is 23.8 Å². The lowest BCUT2D eigenvalue weighted by atomic mass is 10.0. The zero-order chi connectivity index (χ0) is 22.2. The number of pyridine rings is 1. The molecule has 0 radical (unpaired) electrons. The van der Waals surface area contributed by atoms with Crippen LogP contribution in [0, 0.1) is 13.8 Å². The van der Waals surface area contributed by atoms with Gasteiger partial charge in [0.2, 0.25) is 15.9 Å². The van der Waals surface area contributed by atoms with E-state index in [1.807, 2.05) is 25.1 Å². The summed E-state index contributed by atoms with van der Waals surface area (Å²) >= 11 is 1.45. The van der Waals surface area contributed by atoms with Crippen molar-refractivity contribution < 1.29 is 13.2 Å². The van der Waals surface area contributed by atoms with E-state index in [-0.39, 0.29) is 5.91 Å². The van der Waals surface area contributed by atoms with E-state index < -0.39 is 16.1 Å². The molecule has 3 aromatic rings. The van der Waals surface area contributed by atoms with Crippen molar-refractivity contribution in [2.24, 2.45) is 0 Å². The first kappa shape index (κ1) is 21.9. The van der Waals surface area contributed by atoms with Crippen molar-refractivity contribution >= 4 is 42.6 Å². The molecular formula is C22H26N4O3S2. The maximum Gasteiger partial charge on any atom is 0.247 e. The number of amides is 1. The number of carbonyl (C=O) groups is 1. The number of aryl methyl sites for hydroxylation is 2. The van der Waals surface area contributed by atoms with Crippen molar-refractivity contribution in [2.75, 3.05) is 17.7 Å². The molecule has 31 heavy (non-hydrogen) atoms. The fourth-order valence-electron chi connectivity index (χ4n) is 3.93. The van der Waals surface area contributed by atoms with Crippen molar-refractivity contribution in [2.45, 2.75) is 45.7 Å². The summed E-state index contributed by atoms with van der Waals surface area (Å²) in [6.45, 7) is 4.75. The molecule has 0 spiro atoms. The van der Waals surface area contributed by atoms with Crippen LogP contribution < -0.4 is 4.90 Å². The van der Waals surface area contributed by atoms with Crippen molar-refractivity contribution in [1.29, 1.82) is 0 Å². The Kier molecular flexibility index (Phi) is 6.09. The fourth-order valence-corrected chi connectivity index (χ4v) is 6.09. The number of sulfonamides is 1. The number of hydrogen-bond acceptors (Lipinski definition) is 6. The van der Waals surface area contributed by atoms with Crippen molar-refractivity contribution in [1.82, 2.24) is 14.3 Å². The van der Waals surface area contributed by atoms with Crippen LogP contribution in [0.5, 0.6) is 0 Å². The summed E-state index contributed by atoms with van der Waals surface area (Å²) in [4.78, 5) is 24.3. The Bertz CT molecular complexity index is 1170. The lowest BCUT2D eigenvalue weighted by Gasteiger charge is -2.35. The van der Waals surface area contributed by atoms with Gasteiger partial charge in [-0.05, 0) is 61.6 Å². The number of aromatic nitrogens is 2. The third kappa shape index (κ3) is 4.63. The van der Waals surface area contributed by atoms with E-state index in [1.54, 1.807) is 17.3 Å². The molecule has 0 saturated carbocycles. The molecule has 0 aliphatic carbocycles. The maximum absolute atomic E-state index is 13.7. The van der Waals surface area contributed by atoms with Crippen LogP contribution in [-0.4, -0.2) is 47.4 Å². The van der Waals surface area contributed by atoms with E-state index in [0.717, 1.165) is 34.2 Å². The van der Waals surface area contributed by atoms with Crippen LogP contribution in [-0.2, 0) is 21.4 Å². The molecule has 4 rings (SSSR count). The molecule has 1 aliphatic rings. The smallest absolute Gasteiger partial charge is 0.247 e. The highest BCUT2D eigenvalue weighted by atomic mass is 32.2. The highest BCUT2D eigenvalue weighted by Crippen LogP contribution is 2.33. The molecule has 1 unspecified atom stereocenters. The third-order valence-corrected chi connectivity index (χ3v) is 8.05. The molecule has 1 amide bonds. The maximum atomic E-state index is 13.7. The van der Waals surface area contributed by atoms with Gasteiger partial charge in [-0.3, -0.25) is 14.7 Å². The predicted octanol–water partition coefficient (Wildman–Crippen LogP) is 3.66. The van der Waals surface area contributed by atoms with E-state index in [0.29, 0.717) is 24.6 Å². The van der Waals surface area contributed by atoms with Crippen molar-refractivity contribution in [3.05, 3.63) is 53.3 Å². The summed E-state index contributed by atoms with van der Waals surface area (Å²) in [6.07, 6.45) is 6.68. The van der Waals surface area contributed by atoms with E-state index in [1.165, 1.54) is 27.5 Å². The standard InChI is InChI=1S/C22H26N4O3S2/c1-15-11-18-20(12-16(15)2)30-22(24-18)25(14-17-7-6-9-23-13-17)21(27)19-8-4-5-10-26(19)31(3,28)29/h6-7,9,11-13,19H,4-5,8,10,14H2,1-3H3. The first-order valence-corrected chi connectivity index (χ1v) is 13.0. The Morgan fingerprint density at radius 3 is 2.74 bits per heavy atom. The van der Waals surface area contributed by atoms with Gasteiger partial charge in [-0.15, -0.1) is 0 Å². The molecule has 164 valence electrons. The quantitative estimate of drug-likeness (QED) is 0.583. The van der Waals surface area contributed by atoms with Crippen LogP contribution in [0.2, 0.25) is 0 Å². The molecular weight excluding hydrogens is 432 g/mol. The average Bonchev–Trinajstić information content (AvgIpc) is 3.14. The third-order valence-electron chi connectivity index (χ3n) is 5.72. The Morgan fingerprint density at radius 2 is 2.03 bits per heavy atom. The van der Waals surface area contributed by atoms with Gasteiger partial charge in [0.05, 0.1) is 23.0 Å². The Balaban J connectivity index is 1.76. The molecule has 7 nitrogen and oxygen atoms in total. The van der Waals surface area contributed by atoms with Crippen LogP contribution in [0.15, 0.2) is 36.7 Å². The second-order valence-electron chi connectivity index (χ2n) is 8.07. The lowest BCUT2D eigenvalue weighted by Crippen LogP contribution is -2.52. The molecule has 3 heterocycles. The van der Waals surface area contributed by atoms with E-state index in [4.69, 9.17) is 4.98 Å². The van der Waals surface area contributed by atoms with Gasteiger partial charge in [0.25, 0.3) is 0 Å². The summed E-state index contributed by atoms with van der Waals surface area (Å²) in [5, 5.41) is 0.577. The summed E-state index contributed by atoms with van der Waals surface area (Å²) in [7, 11) is -3.49. The van der Waals surface area contributed by atoms with Gasteiger partial charge in [0.15, 0.2) is 5.13 Å². The Labute approximate surface area is 186 Å². The molecule has 1 fully saturated rings. The number of carbonyl (C=O) groups excluding carboxylic acids is 1. The number of hydrogen-bond donors (Lipinski definition) is 0. The minimum Gasteiger partial charge on any atom is -0.282 e. The minimum atomic E-state index is -3.49. The SMILES string of the molecule is Cc1cc2nc(N(Cc3cccnc3)C(=O)C3CCCCN3S(C)(=O)=O)sc2cc1C. The van der Waals surface area contributed by atoms with E-state index >= 15 is 0 Å². The molecule has 2 aromatic heterocycles. The summed E-state index contributed by atoms with van der Waals surface area (Å²) in [5.74, 6) is -0.235. The van der Waals surface area contributed by atoms with Gasteiger partial charge >= 0.3 is 0 Å².